The summed E-state index contributed by atoms with van der Waals surface area (Å²) in [4.78, 5) is 14.7. The number of nitrogens with zero attached hydrogens (tertiary/aromatic N) is 3. The smallest absolute Gasteiger partial charge is 0.247 e. The van der Waals surface area contributed by atoms with E-state index in [1.165, 1.54) is 23.1 Å². The summed E-state index contributed by atoms with van der Waals surface area (Å²) in [6.45, 7) is 1.60. The van der Waals surface area contributed by atoms with E-state index >= 15 is 0 Å². The van der Waals surface area contributed by atoms with E-state index in [0.29, 0.717) is 35.5 Å². The Morgan fingerprint density at radius 1 is 1.00 bits per heavy atom. The van der Waals surface area contributed by atoms with Crippen molar-refractivity contribution in [2.45, 2.75) is 42.0 Å². The zero-order valence-electron chi connectivity index (χ0n) is 22.6. The van der Waals surface area contributed by atoms with Crippen molar-refractivity contribution in [3.8, 4) is 23.0 Å². The topological polar surface area (TPSA) is 163 Å². The predicted molar refractivity (Wildman–Crippen MR) is 154 cm³/mol. The Morgan fingerprint density at radius 2 is 1.71 bits per heavy atom. The minimum Gasteiger partial charge on any atom is -0.457 e. The normalized spacial score (nSPS) is 22.9. The Balaban J connectivity index is 1.35. The Bertz CT molecular complexity index is 1870. The monoisotopic (exact) mass is 608 g/mol. The Hall–Kier alpha value is -4.07. The second-order valence-corrected chi connectivity index (χ2v) is 15.2. The number of aromatic nitrogens is 2. The van der Waals surface area contributed by atoms with Gasteiger partial charge in [-0.3, -0.25) is 4.79 Å². The molecule has 0 aliphatic carbocycles. The van der Waals surface area contributed by atoms with Gasteiger partial charge in [0.15, 0.2) is 19.7 Å². The molecule has 6 rings (SSSR count). The van der Waals surface area contributed by atoms with Gasteiger partial charge in [0.1, 0.15) is 16.2 Å². The zero-order valence-corrected chi connectivity index (χ0v) is 24.3. The van der Waals surface area contributed by atoms with Crippen LogP contribution in [-0.2, 0) is 35.8 Å². The molecular weight excluding hydrogens is 580 g/mol. The average Bonchev–Trinajstić information content (AvgIpc) is 3.55. The molecule has 2 aliphatic rings. The van der Waals surface area contributed by atoms with Crippen LogP contribution < -0.4 is 15.4 Å². The van der Waals surface area contributed by atoms with E-state index in [2.05, 4.69) is 10.2 Å². The number of ether oxygens (including phenoxy) is 1. The van der Waals surface area contributed by atoms with Gasteiger partial charge in [-0.2, -0.15) is 0 Å². The maximum absolute atomic E-state index is 13.4. The van der Waals surface area contributed by atoms with Crippen LogP contribution in [0.2, 0.25) is 0 Å². The summed E-state index contributed by atoms with van der Waals surface area (Å²) in [7, 11) is -7.38. The fourth-order valence-corrected chi connectivity index (χ4v) is 8.58. The number of anilines is 1. The highest BCUT2D eigenvalue weighted by Crippen LogP contribution is 2.42. The summed E-state index contributed by atoms with van der Waals surface area (Å²) < 4.78 is 62.2. The fraction of sp³-hybridized carbons (Fsp3) is 0.276. The largest absolute Gasteiger partial charge is 0.457 e. The van der Waals surface area contributed by atoms with Gasteiger partial charge in [-0.25, -0.2) is 16.8 Å². The predicted octanol–water partition coefficient (Wildman–Crippen LogP) is 3.60. The molecule has 2 atom stereocenters. The van der Waals surface area contributed by atoms with Crippen molar-refractivity contribution in [2.24, 2.45) is 5.73 Å². The highest BCUT2D eigenvalue weighted by atomic mass is 32.2. The maximum Gasteiger partial charge on any atom is 0.247 e. The van der Waals surface area contributed by atoms with Crippen LogP contribution in [0, 0.1) is 0 Å². The third-order valence-corrected chi connectivity index (χ3v) is 12.1. The standard InChI is InChI=1S/C29H28N4O7S2/c1-29(14-5-15-42(29,37)38)28-32-31-26(40-28)20-10-13-25-24(16-20)33(27(34)23(30)18-41(25,35)36)17-19-8-11-22(12-9-19)39-21-6-3-2-4-7-21/h2-4,6-13,16,23H,5,14-15,17-18,30H2,1H3/t23-,29?/m0/s1. The number of para-hydroxylation sites is 1. The number of hydrogen-bond donors (Lipinski definition) is 1. The van der Waals surface area contributed by atoms with E-state index in [0.717, 1.165) is 0 Å². The Labute approximate surface area is 243 Å². The first-order valence-corrected chi connectivity index (χ1v) is 16.6. The molecule has 1 saturated heterocycles. The molecule has 4 aromatic rings. The number of fused-ring (bicyclic) bond motifs is 1. The van der Waals surface area contributed by atoms with Gasteiger partial charge >= 0.3 is 0 Å². The Morgan fingerprint density at radius 3 is 2.40 bits per heavy atom. The second kappa shape index (κ2) is 10.3. The number of benzene rings is 3. The van der Waals surface area contributed by atoms with Crippen molar-refractivity contribution < 1.29 is 30.8 Å². The molecule has 218 valence electrons. The SMILES string of the molecule is CC1(c2nnc(-c3ccc4c(c3)N(Cc3ccc(Oc5ccccc5)cc3)C(=O)[C@@H](N)CS4(=O)=O)o2)CCCS1(=O)=O. The average molecular weight is 609 g/mol. The van der Waals surface area contributed by atoms with Crippen LogP contribution in [0.5, 0.6) is 11.5 Å². The lowest BCUT2D eigenvalue weighted by Crippen LogP contribution is -2.45. The van der Waals surface area contributed by atoms with Crippen LogP contribution in [0.1, 0.15) is 31.2 Å². The molecule has 42 heavy (non-hydrogen) atoms. The molecule has 1 unspecified atom stereocenters. The molecule has 3 aromatic carbocycles. The van der Waals surface area contributed by atoms with Gasteiger partial charge in [0, 0.05) is 5.56 Å². The molecule has 3 heterocycles. The maximum atomic E-state index is 13.4. The summed E-state index contributed by atoms with van der Waals surface area (Å²) in [5.74, 6) is 0.194. The molecular formula is C29H28N4O7S2. The third-order valence-electron chi connectivity index (χ3n) is 7.69. The summed E-state index contributed by atoms with van der Waals surface area (Å²) in [6.07, 6.45) is 0.846. The molecule has 2 N–H and O–H groups in total. The lowest BCUT2D eigenvalue weighted by Gasteiger charge is -2.24. The van der Waals surface area contributed by atoms with Gasteiger partial charge < -0.3 is 19.8 Å². The molecule has 13 heteroatoms. The van der Waals surface area contributed by atoms with E-state index in [-0.39, 0.29) is 34.7 Å². The van der Waals surface area contributed by atoms with Crippen molar-refractivity contribution in [1.82, 2.24) is 10.2 Å². The van der Waals surface area contributed by atoms with Crippen LogP contribution in [0.15, 0.2) is 82.1 Å². The van der Waals surface area contributed by atoms with Gasteiger partial charge in [-0.15, -0.1) is 10.2 Å². The minimum atomic E-state index is -3.91. The molecule has 1 fully saturated rings. The van der Waals surface area contributed by atoms with E-state index in [1.807, 2.05) is 30.3 Å². The first-order chi connectivity index (χ1) is 20.0. The third kappa shape index (κ3) is 4.97. The number of rotatable bonds is 6. The molecule has 11 nitrogen and oxygen atoms in total. The van der Waals surface area contributed by atoms with Crippen LogP contribution in [0.4, 0.5) is 5.69 Å². The van der Waals surface area contributed by atoms with Gasteiger partial charge in [-0.05, 0) is 67.8 Å². The van der Waals surface area contributed by atoms with Crippen LogP contribution >= 0.6 is 0 Å². The van der Waals surface area contributed by atoms with E-state index in [1.54, 1.807) is 31.2 Å². The summed E-state index contributed by atoms with van der Waals surface area (Å²) >= 11 is 0. The molecule has 0 radical (unpaired) electrons. The summed E-state index contributed by atoms with van der Waals surface area (Å²) in [6, 6.07) is 19.5. The van der Waals surface area contributed by atoms with Crippen molar-refractivity contribution in [2.75, 3.05) is 16.4 Å². The second-order valence-electron chi connectivity index (χ2n) is 10.6. The number of carbonyl (C=O) groups is 1. The number of nitrogens with two attached hydrogens (primary N) is 1. The lowest BCUT2D eigenvalue weighted by molar-refractivity contribution is -0.119. The lowest BCUT2D eigenvalue weighted by atomic mass is 10.1. The zero-order chi connectivity index (χ0) is 29.7. The number of sulfone groups is 2. The van der Waals surface area contributed by atoms with Crippen molar-refractivity contribution in [3.63, 3.8) is 0 Å². The molecule has 1 amide bonds. The molecule has 0 spiro atoms. The molecule has 0 bridgehead atoms. The first-order valence-electron chi connectivity index (χ1n) is 13.3. The van der Waals surface area contributed by atoms with Crippen molar-refractivity contribution >= 4 is 31.3 Å². The van der Waals surface area contributed by atoms with E-state index < -0.39 is 42.1 Å². The highest BCUT2D eigenvalue weighted by Gasteiger charge is 2.49. The van der Waals surface area contributed by atoms with Crippen LogP contribution in [-0.4, -0.2) is 50.5 Å². The summed E-state index contributed by atoms with van der Waals surface area (Å²) in [5, 5.41) is 8.09. The molecule has 2 aliphatic heterocycles. The Kier molecular flexibility index (Phi) is 6.90. The number of hydrogen-bond acceptors (Lipinski definition) is 10. The van der Waals surface area contributed by atoms with Gasteiger partial charge in [0.05, 0.1) is 34.7 Å². The van der Waals surface area contributed by atoms with Gasteiger partial charge in [0.2, 0.25) is 17.7 Å². The van der Waals surface area contributed by atoms with Crippen LogP contribution in [0.3, 0.4) is 0 Å². The van der Waals surface area contributed by atoms with Crippen molar-refractivity contribution in [3.05, 3.63) is 84.3 Å². The molecule has 0 saturated carbocycles. The number of carbonyl (C=O) groups excluding carboxylic acids is 1. The quantitative estimate of drug-likeness (QED) is 0.342. The highest BCUT2D eigenvalue weighted by molar-refractivity contribution is 7.92. The number of amides is 1. The van der Waals surface area contributed by atoms with E-state index in [4.69, 9.17) is 14.9 Å². The first kappa shape index (κ1) is 28.1. The molecule has 1 aromatic heterocycles. The van der Waals surface area contributed by atoms with Gasteiger partial charge in [-0.1, -0.05) is 30.3 Å². The van der Waals surface area contributed by atoms with Crippen molar-refractivity contribution in [1.29, 1.82) is 0 Å². The summed E-state index contributed by atoms with van der Waals surface area (Å²) in [5.41, 5.74) is 7.23. The van der Waals surface area contributed by atoms with E-state index in [9.17, 15) is 21.6 Å². The fourth-order valence-electron chi connectivity index (χ4n) is 5.25. The van der Waals surface area contributed by atoms with Crippen LogP contribution in [0.25, 0.3) is 11.5 Å². The minimum absolute atomic E-state index is 0.0110. The van der Waals surface area contributed by atoms with Gasteiger partial charge in [0.25, 0.3) is 0 Å².